The molecule has 0 saturated carbocycles. The second-order valence-electron chi connectivity index (χ2n) is 5.93. The lowest BCUT2D eigenvalue weighted by molar-refractivity contribution is -0.123. The Hall–Kier alpha value is -1.35. The number of carbonyl (C=O) groups excluding carboxylic acids is 1. The zero-order valence-electron chi connectivity index (χ0n) is 11.5. The lowest BCUT2D eigenvalue weighted by Crippen LogP contribution is -2.43. The van der Waals surface area contributed by atoms with E-state index < -0.39 is 0 Å². The fourth-order valence-electron chi connectivity index (χ4n) is 3.22. The van der Waals surface area contributed by atoms with Crippen molar-refractivity contribution in [1.82, 2.24) is 10.6 Å². The van der Waals surface area contributed by atoms with E-state index in [1.54, 1.807) is 0 Å². The van der Waals surface area contributed by atoms with Crippen LogP contribution in [0.25, 0.3) is 0 Å². The van der Waals surface area contributed by atoms with E-state index in [2.05, 4.69) is 29.7 Å². The van der Waals surface area contributed by atoms with Gasteiger partial charge in [-0.1, -0.05) is 31.2 Å². The largest absolute Gasteiger partial charge is 0.355 e. The highest BCUT2D eigenvalue weighted by atomic mass is 16.1. The summed E-state index contributed by atoms with van der Waals surface area (Å²) in [5.74, 6) is 1.58. The fraction of sp³-hybridized carbons (Fsp3) is 0.562. The Bertz CT molecular complexity index is 472. The van der Waals surface area contributed by atoms with Crippen LogP contribution in [0, 0.1) is 11.8 Å². The molecule has 1 aliphatic carbocycles. The molecular weight excluding hydrogens is 236 g/mol. The van der Waals surface area contributed by atoms with Gasteiger partial charge < -0.3 is 10.6 Å². The number of carbonyl (C=O) groups is 1. The highest BCUT2D eigenvalue weighted by molar-refractivity contribution is 5.86. The third kappa shape index (κ3) is 2.52. The quantitative estimate of drug-likeness (QED) is 0.866. The molecule has 2 N–H and O–H groups in total. The van der Waals surface area contributed by atoms with Gasteiger partial charge in [-0.05, 0) is 48.9 Å². The van der Waals surface area contributed by atoms with Crippen LogP contribution in [-0.2, 0) is 11.2 Å². The predicted molar refractivity (Wildman–Crippen MR) is 76.0 cm³/mol. The van der Waals surface area contributed by atoms with Gasteiger partial charge in [-0.25, -0.2) is 0 Å². The van der Waals surface area contributed by atoms with Crippen molar-refractivity contribution in [3.05, 3.63) is 35.4 Å². The first-order chi connectivity index (χ1) is 9.25. The molecule has 1 aromatic carbocycles. The van der Waals surface area contributed by atoms with Crippen LogP contribution >= 0.6 is 0 Å². The third-order valence-electron chi connectivity index (χ3n) is 4.67. The highest BCUT2D eigenvalue weighted by Crippen LogP contribution is 2.34. The van der Waals surface area contributed by atoms with Gasteiger partial charge in [0.25, 0.3) is 0 Å². The number of fused-ring (bicyclic) bond motifs is 1. The van der Waals surface area contributed by atoms with Crippen LogP contribution in [0.15, 0.2) is 24.3 Å². The Morgan fingerprint density at radius 2 is 2.26 bits per heavy atom. The molecular formula is C16H22N2O. The highest BCUT2D eigenvalue weighted by Gasteiger charge is 2.32. The second-order valence-corrected chi connectivity index (χ2v) is 5.93. The molecule has 1 heterocycles. The normalized spacial score (nSPS) is 29.2. The summed E-state index contributed by atoms with van der Waals surface area (Å²) in [6, 6.07) is 8.26. The van der Waals surface area contributed by atoms with Crippen LogP contribution in [-0.4, -0.2) is 25.5 Å². The topological polar surface area (TPSA) is 41.1 Å². The lowest BCUT2D eigenvalue weighted by atomic mass is 9.77. The van der Waals surface area contributed by atoms with Gasteiger partial charge in [0.05, 0.1) is 5.92 Å². The van der Waals surface area contributed by atoms with Gasteiger partial charge in [0.1, 0.15) is 0 Å². The molecule has 1 saturated heterocycles. The van der Waals surface area contributed by atoms with Crippen molar-refractivity contribution in [2.75, 3.05) is 19.6 Å². The Morgan fingerprint density at radius 1 is 1.42 bits per heavy atom. The first-order valence-corrected chi connectivity index (χ1v) is 7.32. The zero-order chi connectivity index (χ0) is 13.2. The van der Waals surface area contributed by atoms with E-state index in [0.29, 0.717) is 11.8 Å². The molecule has 3 nitrogen and oxygen atoms in total. The number of piperidine rings is 1. The Morgan fingerprint density at radius 3 is 3.05 bits per heavy atom. The van der Waals surface area contributed by atoms with E-state index in [-0.39, 0.29) is 11.8 Å². The first kappa shape index (κ1) is 12.7. The Kier molecular flexibility index (Phi) is 3.56. The molecule has 1 aromatic rings. The molecule has 1 aliphatic heterocycles. The molecule has 3 atom stereocenters. The maximum atomic E-state index is 12.2. The summed E-state index contributed by atoms with van der Waals surface area (Å²) in [6.45, 7) is 5.26. The van der Waals surface area contributed by atoms with Gasteiger partial charge in [-0.2, -0.15) is 0 Å². The first-order valence-electron chi connectivity index (χ1n) is 7.32. The van der Waals surface area contributed by atoms with E-state index >= 15 is 0 Å². The number of hydrogen-bond acceptors (Lipinski definition) is 2. The third-order valence-corrected chi connectivity index (χ3v) is 4.67. The maximum absolute atomic E-state index is 12.2. The summed E-state index contributed by atoms with van der Waals surface area (Å²) >= 11 is 0. The van der Waals surface area contributed by atoms with E-state index in [0.717, 1.165) is 26.1 Å². The summed E-state index contributed by atoms with van der Waals surface area (Å²) in [4.78, 5) is 12.2. The molecule has 2 aliphatic rings. The van der Waals surface area contributed by atoms with Crippen molar-refractivity contribution in [2.45, 2.75) is 25.7 Å². The van der Waals surface area contributed by atoms with Gasteiger partial charge in [-0.15, -0.1) is 0 Å². The van der Waals surface area contributed by atoms with Gasteiger partial charge in [-0.3, -0.25) is 4.79 Å². The van der Waals surface area contributed by atoms with Crippen LogP contribution in [0.4, 0.5) is 0 Å². The lowest BCUT2D eigenvalue weighted by Gasteiger charge is -2.32. The molecule has 3 rings (SSSR count). The molecule has 0 bridgehead atoms. The summed E-state index contributed by atoms with van der Waals surface area (Å²) < 4.78 is 0. The summed E-state index contributed by atoms with van der Waals surface area (Å²) in [5.41, 5.74) is 2.55. The number of hydrogen-bond donors (Lipinski definition) is 2. The number of amides is 1. The van der Waals surface area contributed by atoms with Gasteiger partial charge >= 0.3 is 0 Å². The fourth-order valence-corrected chi connectivity index (χ4v) is 3.22. The van der Waals surface area contributed by atoms with Crippen molar-refractivity contribution in [3.63, 3.8) is 0 Å². The van der Waals surface area contributed by atoms with Crippen LogP contribution in [0.2, 0.25) is 0 Å². The monoisotopic (exact) mass is 258 g/mol. The van der Waals surface area contributed by atoms with Gasteiger partial charge in [0, 0.05) is 6.54 Å². The molecule has 0 aromatic heterocycles. The van der Waals surface area contributed by atoms with E-state index in [4.69, 9.17) is 0 Å². The summed E-state index contributed by atoms with van der Waals surface area (Å²) in [6.07, 6.45) is 2.08. The van der Waals surface area contributed by atoms with E-state index in [9.17, 15) is 4.79 Å². The molecule has 0 radical (unpaired) electrons. The maximum Gasteiger partial charge on any atom is 0.227 e. The average molecular weight is 258 g/mol. The second kappa shape index (κ2) is 5.33. The number of benzene rings is 1. The molecule has 1 amide bonds. The average Bonchev–Trinajstić information content (AvgIpc) is 2.39. The van der Waals surface area contributed by atoms with Crippen LogP contribution < -0.4 is 10.6 Å². The van der Waals surface area contributed by atoms with Gasteiger partial charge in [0.15, 0.2) is 0 Å². The van der Waals surface area contributed by atoms with Crippen LogP contribution in [0.5, 0.6) is 0 Å². The minimum Gasteiger partial charge on any atom is -0.355 e. The Balaban J connectivity index is 1.53. The smallest absolute Gasteiger partial charge is 0.227 e. The molecule has 3 unspecified atom stereocenters. The van der Waals surface area contributed by atoms with Crippen molar-refractivity contribution < 1.29 is 4.79 Å². The summed E-state index contributed by atoms with van der Waals surface area (Å²) in [5, 5.41) is 6.56. The minimum absolute atomic E-state index is 0.0909. The molecule has 102 valence electrons. The molecule has 1 fully saturated rings. The van der Waals surface area contributed by atoms with E-state index in [1.165, 1.54) is 17.5 Å². The van der Waals surface area contributed by atoms with Crippen LogP contribution in [0.3, 0.4) is 0 Å². The number of rotatable bonds is 3. The van der Waals surface area contributed by atoms with E-state index in [1.807, 2.05) is 12.1 Å². The minimum atomic E-state index is 0.0909. The zero-order valence-corrected chi connectivity index (χ0v) is 11.5. The standard InChI is InChI=1S/C16H22N2O/c1-11-9-17-7-6-13(11)10-18-16(19)15-8-12-4-2-3-5-14(12)15/h2-5,11,13,15,17H,6-10H2,1H3,(H,18,19). The molecule has 0 spiro atoms. The molecule has 19 heavy (non-hydrogen) atoms. The van der Waals surface area contributed by atoms with Crippen molar-refractivity contribution in [2.24, 2.45) is 11.8 Å². The summed E-state index contributed by atoms with van der Waals surface area (Å²) in [7, 11) is 0. The number of nitrogens with one attached hydrogen (secondary N) is 2. The van der Waals surface area contributed by atoms with Crippen molar-refractivity contribution in [3.8, 4) is 0 Å². The Labute approximate surface area is 114 Å². The van der Waals surface area contributed by atoms with Crippen molar-refractivity contribution >= 4 is 5.91 Å². The SMILES string of the molecule is CC1CNCCC1CNC(=O)C1Cc2ccccc21. The van der Waals surface area contributed by atoms with Gasteiger partial charge in [0.2, 0.25) is 5.91 Å². The molecule has 3 heteroatoms. The van der Waals surface area contributed by atoms with Crippen LogP contribution in [0.1, 0.15) is 30.4 Å². The van der Waals surface area contributed by atoms with Crippen molar-refractivity contribution in [1.29, 1.82) is 0 Å². The predicted octanol–water partition coefficient (Wildman–Crippen LogP) is 1.69.